The minimum atomic E-state index is -4.84. The highest BCUT2D eigenvalue weighted by molar-refractivity contribution is 5.85. The van der Waals surface area contributed by atoms with E-state index in [0.717, 1.165) is 0 Å². The molecule has 8 heteroatoms. The van der Waals surface area contributed by atoms with E-state index in [1.54, 1.807) is 0 Å². The van der Waals surface area contributed by atoms with Crippen LogP contribution in [0.1, 0.15) is 11.6 Å². The third-order valence-corrected chi connectivity index (χ3v) is 1.72. The summed E-state index contributed by atoms with van der Waals surface area (Å²) < 4.78 is 73.6. The quantitative estimate of drug-likeness (QED) is 0.613. The molecule has 0 unspecified atom stereocenters. The lowest BCUT2D eigenvalue weighted by Gasteiger charge is -2.15. The zero-order valence-electron chi connectivity index (χ0n) is 7.49. The first-order chi connectivity index (χ1) is 6.73. The Morgan fingerprint density at radius 3 is 1.69 bits per heavy atom. The number of nitrogens with two attached hydrogens (primary N) is 1. The molecule has 0 aliphatic heterocycles. The molecule has 0 heterocycles. The van der Waals surface area contributed by atoms with Gasteiger partial charge in [0.15, 0.2) is 17.5 Å². The summed E-state index contributed by atoms with van der Waals surface area (Å²) in [6.45, 7) is 0. The molecule has 1 nitrogen and oxygen atoms in total. The van der Waals surface area contributed by atoms with Crippen LogP contribution >= 0.6 is 12.4 Å². The number of benzene rings is 1. The third-order valence-electron chi connectivity index (χ3n) is 1.72. The van der Waals surface area contributed by atoms with Crippen molar-refractivity contribution in [2.75, 3.05) is 0 Å². The van der Waals surface area contributed by atoms with Gasteiger partial charge in [0, 0.05) is 0 Å². The molecule has 0 fully saturated rings. The summed E-state index contributed by atoms with van der Waals surface area (Å²) in [5, 5.41) is 0. The summed E-state index contributed by atoms with van der Waals surface area (Å²) in [5.41, 5.74) is 3.82. The highest BCUT2D eigenvalue weighted by Crippen LogP contribution is 2.31. The predicted octanol–water partition coefficient (Wildman–Crippen LogP) is 3.09. The van der Waals surface area contributed by atoms with E-state index in [4.69, 9.17) is 0 Å². The van der Waals surface area contributed by atoms with E-state index in [1.165, 1.54) is 0 Å². The molecule has 0 radical (unpaired) electrons. The molecule has 2 N–H and O–H groups in total. The van der Waals surface area contributed by atoms with Crippen LogP contribution in [0.3, 0.4) is 0 Å². The molecular formula is C8H6ClF6N. The van der Waals surface area contributed by atoms with Crippen molar-refractivity contribution in [2.45, 2.75) is 12.2 Å². The Bertz CT molecular complexity index is 354. The van der Waals surface area contributed by atoms with Crippen LogP contribution in [0.4, 0.5) is 26.3 Å². The van der Waals surface area contributed by atoms with Crippen molar-refractivity contribution in [3.05, 3.63) is 35.1 Å². The Labute approximate surface area is 92.6 Å². The van der Waals surface area contributed by atoms with Crippen molar-refractivity contribution in [2.24, 2.45) is 5.73 Å². The zero-order valence-corrected chi connectivity index (χ0v) is 8.30. The minimum absolute atomic E-state index is 0. The van der Waals surface area contributed by atoms with Gasteiger partial charge in [-0.05, 0) is 17.7 Å². The molecular weight excluding hydrogens is 260 g/mol. The molecule has 1 atom stereocenters. The van der Waals surface area contributed by atoms with Crippen LogP contribution in [0.2, 0.25) is 0 Å². The number of halogens is 7. The van der Waals surface area contributed by atoms with Crippen LogP contribution in [-0.4, -0.2) is 6.18 Å². The van der Waals surface area contributed by atoms with E-state index in [2.05, 4.69) is 5.73 Å². The lowest BCUT2D eigenvalue weighted by atomic mass is 10.1. The zero-order chi connectivity index (χ0) is 11.8. The molecule has 16 heavy (non-hydrogen) atoms. The van der Waals surface area contributed by atoms with Gasteiger partial charge < -0.3 is 5.73 Å². The SMILES string of the molecule is Cl.N[C@@H](c1cc(F)c(F)c(F)c1)C(F)(F)F. The number of hydrogen-bond acceptors (Lipinski definition) is 1. The number of rotatable bonds is 1. The average Bonchev–Trinajstić information content (AvgIpc) is 2.10. The molecule has 0 aliphatic rings. The smallest absolute Gasteiger partial charge is 0.316 e. The molecule has 0 spiro atoms. The topological polar surface area (TPSA) is 26.0 Å². The van der Waals surface area contributed by atoms with Crippen LogP contribution in [0, 0.1) is 17.5 Å². The first-order valence-electron chi connectivity index (χ1n) is 3.70. The Hall–Kier alpha value is -0.950. The Kier molecular flexibility index (Phi) is 4.63. The lowest BCUT2D eigenvalue weighted by Crippen LogP contribution is -2.28. The van der Waals surface area contributed by atoms with Gasteiger partial charge in [0.05, 0.1) is 0 Å². The standard InChI is InChI=1S/C8H5F6N.ClH/c9-4-1-3(2-5(10)6(4)11)7(15)8(12,13)14;/h1-2,7H,15H2;1H/t7-;/m0./s1. The van der Waals surface area contributed by atoms with Crippen molar-refractivity contribution >= 4 is 12.4 Å². The van der Waals surface area contributed by atoms with Gasteiger partial charge in [0.25, 0.3) is 0 Å². The van der Waals surface area contributed by atoms with Gasteiger partial charge >= 0.3 is 6.18 Å². The van der Waals surface area contributed by atoms with E-state index >= 15 is 0 Å². The van der Waals surface area contributed by atoms with E-state index in [1.807, 2.05) is 0 Å². The number of alkyl halides is 3. The van der Waals surface area contributed by atoms with Crippen molar-refractivity contribution in [1.82, 2.24) is 0 Å². The second kappa shape index (κ2) is 4.92. The summed E-state index contributed by atoms with van der Waals surface area (Å²) >= 11 is 0. The lowest BCUT2D eigenvalue weighted by molar-refractivity contribution is -0.149. The van der Waals surface area contributed by atoms with Gasteiger partial charge in [-0.1, -0.05) is 0 Å². The van der Waals surface area contributed by atoms with Gasteiger partial charge in [-0.2, -0.15) is 13.2 Å². The second-order valence-corrected chi connectivity index (χ2v) is 2.82. The molecule has 0 aliphatic carbocycles. The summed E-state index contributed by atoms with van der Waals surface area (Å²) in [4.78, 5) is 0. The van der Waals surface area contributed by atoms with Crippen molar-refractivity contribution < 1.29 is 26.3 Å². The maximum Gasteiger partial charge on any atom is 0.407 e. The average molecular weight is 266 g/mol. The highest BCUT2D eigenvalue weighted by Gasteiger charge is 2.38. The van der Waals surface area contributed by atoms with Crippen LogP contribution in [0.25, 0.3) is 0 Å². The summed E-state index contributed by atoms with van der Waals surface area (Å²) in [7, 11) is 0. The van der Waals surface area contributed by atoms with Crippen LogP contribution in [0.15, 0.2) is 12.1 Å². The molecule has 92 valence electrons. The van der Waals surface area contributed by atoms with E-state index in [-0.39, 0.29) is 24.5 Å². The summed E-state index contributed by atoms with van der Waals surface area (Å²) in [6, 6.07) is -2.10. The Morgan fingerprint density at radius 2 is 1.38 bits per heavy atom. The van der Waals surface area contributed by atoms with Gasteiger partial charge in [-0.25, -0.2) is 13.2 Å². The maximum atomic E-state index is 12.6. The fourth-order valence-corrected chi connectivity index (χ4v) is 0.944. The maximum absolute atomic E-state index is 12.6. The molecule has 0 saturated heterocycles. The van der Waals surface area contributed by atoms with Crippen LogP contribution in [0.5, 0.6) is 0 Å². The number of hydrogen-bond donors (Lipinski definition) is 1. The molecule has 1 aromatic carbocycles. The second-order valence-electron chi connectivity index (χ2n) is 2.82. The van der Waals surface area contributed by atoms with Crippen molar-refractivity contribution in [3.63, 3.8) is 0 Å². The summed E-state index contributed by atoms with van der Waals surface area (Å²) in [5.74, 6) is -5.23. The van der Waals surface area contributed by atoms with Gasteiger partial charge in [-0.3, -0.25) is 0 Å². The molecule has 0 saturated carbocycles. The monoisotopic (exact) mass is 265 g/mol. The Morgan fingerprint density at radius 1 is 1.00 bits per heavy atom. The largest absolute Gasteiger partial charge is 0.407 e. The summed E-state index contributed by atoms with van der Waals surface area (Å²) in [6.07, 6.45) is -4.84. The van der Waals surface area contributed by atoms with Crippen molar-refractivity contribution in [1.29, 1.82) is 0 Å². The molecule has 0 aromatic heterocycles. The molecule has 0 bridgehead atoms. The van der Waals surface area contributed by atoms with E-state index < -0.39 is 35.2 Å². The fourth-order valence-electron chi connectivity index (χ4n) is 0.944. The fraction of sp³-hybridized carbons (Fsp3) is 0.250. The molecule has 1 aromatic rings. The minimum Gasteiger partial charge on any atom is -0.316 e. The van der Waals surface area contributed by atoms with E-state index in [9.17, 15) is 26.3 Å². The van der Waals surface area contributed by atoms with Gasteiger partial charge in [-0.15, -0.1) is 12.4 Å². The third kappa shape index (κ3) is 3.02. The van der Waals surface area contributed by atoms with E-state index in [0.29, 0.717) is 0 Å². The van der Waals surface area contributed by atoms with Gasteiger partial charge in [0.1, 0.15) is 6.04 Å². The Balaban J connectivity index is 0.00000225. The van der Waals surface area contributed by atoms with Crippen molar-refractivity contribution in [3.8, 4) is 0 Å². The van der Waals surface area contributed by atoms with Crippen LogP contribution < -0.4 is 5.73 Å². The highest BCUT2D eigenvalue weighted by atomic mass is 35.5. The molecule has 0 amide bonds. The van der Waals surface area contributed by atoms with Crippen LogP contribution in [-0.2, 0) is 0 Å². The molecule has 1 rings (SSSR count). The van der Waals surface area contributed by atoms with Gasteiger partial charge in [0.2, 0.25) is 0 Å². The normalized spacial score (nSPS) is 13.2. The first kappa shape index (κ1) is 15.0. The first-order valence-corrected chi connectivity index (χ1v) is 3.70. The predicted molar refractivity (Wildman–Crippen MR) is 46.5 cm³/mol.